The summed E-state index contributed by atoms with van der Waals surface area (Å²) in [6, 6.07) is 0. The first-order valence-corrected chi connectivity index (χ1v) is 6.26. The molecule has 20 heavy (non-hydrogen) atoms. The van der Waals surface area contributed by atoms with Crippen LogP contribution >= 0.6 is 0 Å². The fourth-order valence-electron chi connectivity index (χ4n) is 1.91. The van der Waals surface area contributed by atoms with Gasteiger partial charge in [0.05, 0.1) is 26.6 Å². The third-order valence-electron chi connectivity index (χ3n) is 3.04. The highest BCUT2D eigenvalue weighted by Crippen LogP contribution is 2.35. The van der Waals surface area contributed by atoms with Crippen molar-refractivity contribution in [1.29, 1.82) is 0 Å². The van der Waals surface area contributed by atoms with Crippen molar-refractivity contribution in [2.45, 2.75) is 26.2 Å². The smallest absolute Gasteiger partial charge is 0.342 e. The maximum absolute atomic E-state index is 12.6. The number of carboxylic acid groups (broad SMARTS) is 1. The molecule has 0 rings (SSSR count). The van der Waals surface area contributed by atoms with Crippen molar-refractivity contribution in [2.24, 2.45) is 5.41 Å². The van der Waals surface area contributed by atoms with E-state index in [-0.39, 0.29) is 6.61 Å². The summed E-state index contributed by atoms with van der Waals surface area (Å²) in [5.74, 6) is -2.56. The Hall–Kier alpha value is -1.53. The summed E-state index contributed by atoms with van der Waals surface area (Å²) >= 11 is 0. The number of ether oxygens (including phenoxy) is 1. The zero-order valence-electron chi connectivity index (χ0n) is 11.3. The second-order valence-electron chi connectivity index (χ2n) is 4.22. The van der Waals surface area contributed by atoms with Crippen molar-refractivity contribution in [3.05, 3.63) is 11.8 Å². The molecule has 0 saturated heterocycles. The van der Waals surface area contributed by atoms with Crippen molar-refractivity contribution in [3.8, 4) is 0 Å². The molecule has 0 heterocycles. The highest BCUT2D eigenvalue weighted by molar-refractivity contribution is 6.18. The van der Waals surface area contributed by atoms with E-state index in [4.69, 9.17) is 9.84 Å². The van der Waals surface area contributed by atoms with Gasteiger partial charge in [0, 0.05) is 5.41 Å². The zero-order valence-corrected chi connectivity index (χ0v) is 11.3. The van der Waals surface area contributed by atoms with E-state index in [1.165, 1.54) is 0 Å². The summed E-state index contributed by atoms with van der Waals surface area (Å²) in [7, 11) is 0. The Morgan fingerprint density at radius 3 is 1.85 bits per heavy atom. The Balaban J connectivity index is 5.50. The Morgan fingerprint density at radius 2 is 1.55 bits per heavy atom. The predicted octanol–water partition coefficient (Wildman–Crippen LogP) is 2.63. The standard InChI is InChI=1S/C13H19F3O4/c1-2-20-9-10(12(18)19)11(17)13(3-6-14,4-7-15)5-8-16/h9H,2-8H2,1H3,(H,18,19). The summed E-state index contributed by atoms with van der Waals surface area (Å²) < 4.78 is 42.6. The Bertz CT molecular complexity index is 339. The van der Waals surface area contributed by atoms with Crippen LogP contribution in [-0.2, 0) is 14.3 Å². The second kappa shape index (κ2) is 9.39. The number of halogens is 3. The molecular formula is C13H19F3O4. The van der Waals surface area contributed by atoms with Gasteiger partial charge < -0.3 is 9.84 Å². The number of alkyl halides is 3. The minimum atomic E-state index is -1.68. The van der Waals surface area contributed by atoms with Crippen LogP contribution in [-0.4, -0.2) is 43.5 Å². The van der Waals surface area contributed by atoms with Gasteiger partial charge in [0.15, 0.2) is 5.78 Å². The minimum absolute atomic E-state index is 0.131. The molecule has 0 spiro atoms. The molecule has 4 nitrogen and oxygen atoms in total. The molecule has 0 radical (unpaired) electrons. The number of aliphatic carboxylic acids is 1. The van der Waals surface area contributed by atoms with Gasteiger partial charge in [-0.15, -0.1) is 0 Å². The van der Waals surface area contributed by atoms with Crippen molar-refractivity contribution in [1.82, 2.24) is 0 Å². The van der Waals surface area contributed by atoms with Gasteiger partial charge in [-0.05, 0) is 26.2 Å². The largest absolute Gasteiger partial charge is 0.500 e. The third kappa shape index (κ3) is 4.86. The first-order chi connectivity index (χ1) is 9.48. The quantitative estimate of drug-likeness (QED) is 0.275. The summed E-state index contributed by atoms with van der Waals surface area (Å²) in [6.45, 7) is -1.18. The molecule has 0 atom stereocenters. The van der Waals surface area contributed by atoms with Crippen LogP contribution in [0.15, 0.2) is 11.8 Å². The highest BCUT2D eigenvalue weighted by Gasteiger charge is 2.41. The molecule has 0 aliphatic heterocycles. The summed E-state index contributed by atoms with van der Waals surface area (Å²) in [4.78, 5) is 23.3. The van der Waals surface area contributed by atoms with Crippen molar-refractivity contribution in [3.63, 3.8) is 0 Å². The molecule has 116 valence electrons. The monoisotopic (exact) mass is 296 g/mol. The van der Waals surface area contributed by atoms with E-state index in [0.717, 1.165) is 6.26 Å². The molecule has 0 fully saturated rings. The Morgan fingerprint density at radius 1 is 1.10 bits per heavy atom. The fraction of sp³-hybridized carbons (Fsp3) is 0.692. The van der Waals surface area contributed by atoms with Crippen LogP contribution in [0.3, 0.4) is 0 Å². The maximum atomic E-state index is 12.6. The molecule has 0 amide bonds. The van der Waals surface area contributed by atoms with Gasteiger partial charge in [0.1, 0.15) is 11.8 Å². The Labute approximate surface area is 115 Å². The zero-order chi connectivity index (χ0) is 15.6. The number of hydrogen-bond donors (Lipinski definition) is 1. The van der Waals surface area contributed by atoms with Crippen LogP contribution in [0.5, 0.6) is 0 Å². The van der Waals surface area contributed by atoms with Gasteiger partial charge in [-0.1, -0.05) is 0 Å². The summed E-state index contributed by atoms with van der Waals surface area (Å²) in [6.07, 6.45) is -0.517. The minimum Gasteiger partial charge on any atom is -0.500 e. The topological polar surface area (TPSA) is 63.6 Å². The molecule has 0 aliphatic carbocycles. The average Bonchev–Trinajstić information content (AvgIpc) is 2.39. The number of hydrogen-bond acceptors (Lipinski definition) is 3. The lowest BCUT2D eigenvalue weighted by molar-refractivity contribution is -0.137. The molecule has 0 aromatic heterocycles. The number of carbonyl (C=O) groups is 2. The molecule has 1 N–H and O–H groups in total. The van der Waals surface area contributed by atoms with Crippen LogP contribution in [0.25, 0.3) is 0 Å². The third-order valence-corrected chi connectivity index (χ3v) is 3.04. The molecule has 0 aliphatic rings. The number of ketones is 1. The van der Waals surface area contributed by atoms with Crippen LogP contribution in [0.2, 0.25) is 0 Å². The molecule has 0 unspecified atom stereocenters. The van der Waals surface area contributed by atoms with Crippen molar-refractivity contribution in [2.75, 3.05) is 26.6 Å². The van der Waals surface area contributed by atoms with E-state index in [1.807, 2.05) is 0 Å². The van der Waals surface area contributed by atoms with E-state index in [9.17, 15) is 22.8 Å². The number of carbonyl (C=O) groups excluding carboxylic acids is 1. The summed E-state index contributed by atoms with van der Waals surface area (Å²) in [5, 5.41) is 8.99. The fourth-order valence-corrected chi connectivity index (χ4v) is 1.91. The van der Waals surface area contributed by atoms with Gasteiger partial charge in [0.2, 0.25) is 0 Å². The van der Waals surface area contributed by atoms with E-state index in [0.29, 0.717) is 0 Å². The van der Waals surface area contributed by atoms with E-state index in [1.54, 1.807) is 6.92 Å². The van der Waals surface area contributed by atoms with Gasteiger partial charge >= 0.3 is 5.97 Å². The molecule has 0 aromatic rings. The van der Waals surface area contributed by atoms with Gasteiger partial charge in [0.25, 0.3) is 0 Å². The lowest BCUT2D eigenvalue weighted by Gasteiger charge is -2.29. The number of carboxylic acids is 1. The maximum Gasteiger partial charge on any atom is 0.342 e. The van der Waals surface area contributed by atoms with Crippen LogP contribution < -0.4 is 0 Å². The normalized spacial score (nSPS) is 12.3. The van der Waals surface area contributed by atoms with E-state index < -0.39 is 62.0 Å². The van der Waals surface area contributed by atoms with Crippen molar-refractivity contribution >= 4 is 11.8 Å². The van der Waals surface area contributed by atoms with Gasteiger partial charge in [-0.2, -0.15) is 0 Å². The van der Waals surface area contributed by atoms with E-state index >= 15 is 0 Å². The number of rotatable bonds is 11. The first kappa shape index (κ1) is 18.5. The van der Waals surface area contributed by atoms with Gasteiger partial charge in [-0.25, -0.2) is 4.79 Å². The lowest BCUT2D eigenvalue weighted by atomic mass is 9.73. The SMILES string of the molecule is CCOC=C(C(=O)O)C(=O)C(CCF)(CCF)CCF. The average molecular weight is 296 g/mol. The highest BCUT2D eigenvalue weighted by atomic mass is 19.1. The van der Waals surface area contributed by atoms with Crippen molar-refractivity contribution < 1.29 is 32.6 Å². The lowest BCUT2D eigenvalue weighted by Crippen LogP contribution is -2.36. The number of Topliss-reactive ketones (excluding diaryl/α,β-unsaturated/α-hetero) is 1. The van der Waals surface area contributed by atoms with Gasteiger partial charge in [-0.3, -0.25) is 18.0 Å². The van der Waals surface area contributed by atoms with Crippen LogP contribution in [0.1, 0.15) is 26.2 Å². The molecular weight excluding hydrogens is 277 g/mol. The summed E-state index contributed by atoms with van der Waals surface area (Å²) in [5.41, 5.74) is -2.40. The molecule has 0 saturated carbocycles. The molecule has 7 heteroatoms. The predicted molar refractivity (Wildman–Crippen MR) is 66.6 cm³/mol. The Kier molecular flexibility index (Phi) is 8.67. The van der Waals surface area contributed by atoms with Crippen LogP contribution in [0, 0.1) is 5.41 Å². The molecule has 0 bridgehead atoms. The second-order valence-corrected chi connectivity index (χ2v) is 4.22. The van der Waals surface area contributed by atoms with E-state index in [2.05, 4.69) is 0 Å². The van der Waals surface area contributed by atoms with Crippen LogP contribution in [0.4, 0.5) is 13.2 Å². The molecule has 0 aromatic carbocycles. The first-order valence-electron chi connectivity index (χ1n) is 6.26.